The van der Waals surface area contributed by atoms with Gasteiger partial charge in [0.05, 0.1) is 0 Å². The second-order valence-electron chi connectivity index (χ2n) is 5.08. The molecule has 0 saturated carbocycles. The number of piperazine rings is 1. The Bertz CT molecular complexity index is 493. The first-order valence-electron chi connectivity index (χ1n) is 7.04. The predicted octanol–water partition coefficient (Wildman–Crippen LogP) is 1.21. The molecule has 21 heavy (non-hydrogen) atoms. The number of ether oxygens (including phenoxy) is 1. The van der Waals surface area contributed by atoms with Crippen LogP contribution in [-0.4, -0.2) is 54.6 Å². The Kier molecular flexibility index (Phi) is 5.03. The van der Waals surface area contributed by atoms with Gasteiger partial charge in [-0.1, -0.05) is 17.7 Å². The molecule has 0 radical (unpaired) electrons. The molecule has 3 amide bonds. The summed E-state index contributed by atoms with van der Waals surface area (Å²) in [7, 11) is 0. The molecule has 1 aromatic carbocycles. The SMILES string of the molecule is CC(=O)N1CCN(C(=O)NCOc2ccc(C)cc2)CC1. The summed E-state index contributed by atoms with van der Waals surface area (Å²) < 4.78 is 5.46. The van der Waals surface area contributed by atoms with Crippen molar-refractivity contribution in [2.75, 3.05) is 32.9 Å². The number of nitrogens with one attached hydrogen (secondary N) is 1. The van der Waals surface area contributed by atoms with Crippen molar-refractivity contribution in [3.63, 3.8) is 0 Å². The molecule has 0 aliphatic carbocycles. The average molecular weight is 291 g/mol. The van der Waals surface area contributed by atoms with Gasteiger partial charge in [-0.3, -0.25) is 4.79 Å². The first-order valence-corrected chi connectivity index (χ1v) is 7.04. The van der Waals surface area contributed by atoms with Crippen molar-refractivity contribution < 1.29 is 14.3 Å². The number of hydrogen-bond donors (Lipinski definition) is 1. The lowest BCUT2D eigenvalue weighted by atomic mass is 10.2. The number of hydrogen-bond acceptors (Lipinski definition) is 3. The Labute approximate surface area is 124 Å². The van der Waals surface area contributed by atoms with Crippen molar-refractivity contribution in [3.8, 4) is 5.75 Å². The van der Waals surface area contributed by atoms with Crippen molar-refractivity contribution in [1.82, 2.24) is 15.1 Å². The third kappa shape index (κ3) is 4.37. The van der Waals surface area contributed by atoms with Crippen LogP contribution in [0.15, 0.2) is 24.3 Å². The molecule has 1 fully saturated rings. The number of nitrogens with zero attached hydrogens (tertiary/aromatic N) is 2. The van der Waals surface area contributed by atoms with Crippen molar-refractivity contribution in [3.05, 3.63) is 29.8 Å². The number of benzene rings is 1. The van der Waals surface area contributed by atoms with Crippen LogP contribution in [0.3, 0.4) is 0 Å². The molecule has 6 nitrogen and oxygen atoms in total. The molecule has 1 aromatic rings. The van der Waals surface area contributed by atoms with Crippen LogP contribution in [-0.2, 0) is 4.79 Å². The number of aryl methyl sites for hydroxylation is 1. The summed E-state index contributed by atoms with van der Waals surface area (Å²) in [5, 5.41) is 2.72. The van der Waals surface area contributed by atoms with E-state index in [9.17, 15) is 9.59 Å². The van der Waals surface area contributed by atoms with E-state index in [-0.39, 0.29) is 18.7 Å². The van der Waals surface area contributed by atoms with Crippen LogP contribution in [0.5, 0.6) is 5.75 Å². The summed E-state index contributed by atoms with van der Waals surface area (Å²) >= 11 is 0. The fraction of sp³-hybridized carbons (Fsp3) is 0.467. The van der Waals surface area contributed by atoms with Gasteiger partial charge in [0.1, 0.15) is 5.75 Å². The zero-order valence-corrected chi connectivity index (χ0v) is 12.5. The first kappa shape index (κ1) is 15.2. The quantitative estimate of drug-likeness (QED) is 0.851. The molecule has 0 unspecified atom stereocenters. The fourth-order valence-corrected chi connectivity index (χ4v) is 2.15. The Morgan fingerprint density at radius 1 is 1.10 bits per heavy atom. The molecule has 1 aliphatic rings. The third-order valence-electron chi connectivity index (χ3n) is 3.50. The molecule has 0 bridgehead atoms. The zero-order valence-electron chi connectivity index (χ0n) is 12.5. The fourth-order valence-electron chi connectivity index (χ4n) is 2.15. The highest BCUT2D eigenvalue weighted by Crippen LogP contribution is 2.10. The van der Waals surface area contributed by atoms with Crippen molar-refractivity contribution >= 4 is 11.9 Å². The van der Waals surface area contributed by atoms with Gasteiger partial charge in [-0.25, -0.2) is 4.79 Å². The van der Waals surface area contributed by atoms with Crippen LogP contribution in [0.1, 0.15) is 12.5 Å². The van der Waals surface area contributed by atoms with Gasteiger partial charge in [-0.2, -0.15) is 0 Å². The van der Waals surface area contributed by atoms with Gasteiger partial charge in [0.2, 0.25) is 5.91 Å². The lowest BCUT2D eigenvalue weighted by Crippen LogP contribution is -2.53. The van der Waals surface area contributed by atoms with Gasteiger partial charge in [0.25, 0.3) is 0 Å². The predicted molar refractivity (Wildman–Crippen MR) is 79.0 cm³/mol. The monoisotopic (exact) mass is 291 g/mol. The van der Waals surface area contributed by atoms with E-state index in [1.165, 1.54) is 0 Å². The lowest BCUT2D eigenvalue weighted by Gasteiger charge is -2.34. The number of rotatable bonds is 3. The molecule has 0 aromatic heterocycles. The molecular formula is C15H21N3O3. The molecule has 1 heterocycles. The van der Waals surface area contributed by atoms with Gasteiger partial charge in [0.15, 0.2) is 6.73 Å². The molecule has 1 saturated heterocycles. The number of amides is 3. The zero-order chi connectivity index (χ0) is 15.2. The largest absolute Gasteiger partial charge is 0.473 e. The summed E-state index contributed by atoms with van der Waals surface area (Å²) in [6.45, 7) is 5.96. The standard InChI is InChI=1S/C15H21N3O3/c1-12-3-5-14(6-4-12)21-11-16-15(20)18-9-7-17(8-10-18)13(2)19/h3-6H,7-11H2,1-2H3,(H,16,20). The summed E-state index contributed by atoms with van der Waals surface area (Å²) in [6.07, 6.45) is 0. The lowest BCUT2D eigenvalue weighted by molar-refractivity contribution is -0.130. The molecule has 0 atom stereocenters. The Morgan fingerprint density at radius 2 is 1.67 bits per heavy atom. The van der Waals surface area contributed by atoms with E-state index in [2.05, 4.69) is 5.32 Å². The Balaban J connectivity index is 1.70. The van der Waals surface area contributed by atoms with E-state index in [1.54, 1.807) is 16.7 Å². The van der Waals surface area contributed by atoms with Crippen molar-refractivity contribution in [1.29, 1.82) is 0 Å². The van der Waals surface area contributed by atoms with E-state index < -0.39 is 0 Å². The van der Waals surface area contributed by atoms with E-state index in [0.717, 1.165) is 11.3 Å². The maximum atomic E-state index is 12.0. The highest BCUT2D eigenvalue weighted by atomic mass is 16.5. The summed E-state index contributed by atoms with van der Waals surface area (Å²) in [6, 6.07) is 7.49. The molecule has 2 rings (SSSR count). The van der Waals surface area contributed by atoms with Gasteiger partial charge < -0.3 is 19.9 Å². The van der Waals surface area contributed by atoms with Gasteiger partial charge in [-0.05, 0) is 19.1 Å². The molecule has 114 valence electrons. The minimum Gasteiger partial charge on any atom is -0.473 e. The van der Waals surface area contributed by atoms with E-state index in [1.807, 2.05) is 31.2 Å². The number of carbonyl (C=O) groups is 2. The normalized spacial score (nSPS) is 14.8. The minimum absolute atomic E-state index is 0.0535. The summed E-state index contributed by atoms with van der Waals surface area (Å²) in [5.74, 6) is 0.778. The minimum atomic E-state index is -0.162. The van der Waals surface area contributed by atoms with Gasteiger partial charge in [0, 0.05) is 33.1 Å². The first-order chi connectivity index (χ1) is 10.1. The van der Waals surface area contributed by atoms with Crippen molar-refractivity contribution in [2.24, 2.45) is 0 Å². The van der Waals surface area contributed by atoms with Crippen LogP contribution in [0, 0.1) is 6.92 Å². The van der Waals surface area contributed by atoms with Crippen LogP contribution >= 0.6 is 0 Å². The Hall–Kier alpha value is -2.24. The van der Waals surface area contributed by atoms with Crippen molar-refractivity contribution in [2.45, 2.75) is 13.8 Å². The molecule has 1 aliphatic heterocycles. The summed E-state index contributed by atoms with van der Waals surface area (Å²) in [5.41, 5.74) is 1.16. The Morgan fingerprint density at radius 3 is 2.24 bits per heavy atom. The molecular weight excluding hydrogens is 270 g/mol. The van der Waals surface area contributed by atoms with Crippen LogP contribution in [0.2, 0.25) is 0 Å². The van der Waals surface area contributed by atoms with E-state index in [4.69, 9.17) is 4.74 Å². The van der Waals surface area contributed by atoms with E-state index >= 15 is 0 Å². The van der Waals surface area contributed by atoms with Crippen LogP contribution in [0.4, 0.5) is 4.79 Å². The maximum Gasteiger partial charge on any atom is 0.320 e. The second-order valence-corrected chi connectivity index (χ2v) is 5.08. The maximum absolute atomic E-state index is 12.0. The highest BCUT2D eigenvalue weighted by Gasteiger charge is 2.21. The average Bonchev–Trinajstić information content (AvgIpc) is 2.49. The number of carbonyl (C=O) groups excluding carboxylic acids is 2. The molecule has 1 N–H and O–H groups in total. The summed E-state index contributed by atoms with van der Waals surface area (Å²) in [4.78, 5) is 26.6. The van der Waals surface area contributed by atoms with Crippen LogP contribution < -0.4 is 10.1 Å². The van der Waals surface area contributed by atoms with Crippen LogP contribution in [0.25, 0.3) is 0 Å². The second kappa shape index (κ2) is 6.97. The third-order valence-corrected chi connectivity index (χ3v) is 3.50. The topological polar surface area (TPSA) is 61.9 Å². The molecule has 0 spiro atoms. The molecule has 6 heteroatoms. The highest BCUT2D eigenvalue weighted by molar-refractivity contribution is 5.76. The van der Waals surface area contributed by atoms with E-state index in [0.29, 0.717) is 26.2 Å². The van der Waals surface area contributed by atoms with Gasteiger partial charge >= 0.3 is 6.03 Å². The number of urea groups is 1. The van der Waals surface area contributed by atoms with Gasteiger partial charge in [-0.15, -0.1) is 0 Å². The smallest absolute Gasteiger partial charge is 0.320 e.